The fraction of sp³-hybridized carbons (Fsp3) is 0.154. The molecule has 6 heteroatoms. The van der Waals surface area contributed by atoms with Gasteiger partial charge in [0.15, 0.2) is 0 Å². The Balaban J connectivity index is 1.99. The Morgan fingerprint density at radius 3 is 2.63 bits per heavy atom. The number of ether oxygens (including phenoxy) is 1. The maximum Gasteiger partial charge on any atom is 0.414 e. The molecule has 0 saturated carbocycles. The fourth-order valence-electron chi connectivity index (χ4n) is 1.46. The Hall–Kier alpha value is -1.95. The number of hydrogen-bond acceptors (Lipinski definition) is 4. The zero-order chi connectivity index (χ0) is 13.7. The van der Waals surface area contributed by atoms with E-state index in [1.165, 1.54) is 17.3 Å². The van der Waals surface area contributed by atoms with Crippen molar-refractivity contribution < 1.29 is 9.53 Å². The third-order valence-corrected chi connectivity index (χ3v) is 3.11. The highest BCUT2D eigenvalue weighted by atomic mass is 79.9. The molecule has 0 aliphatic rings. The molecule has 1 aromatic carbocycles. The molecule has 0 saturated heterocycles. The molecule has 0 unspecified atom stereocenters. The second kappa shape index (κ2) is 6.29. The van der Waals surface area contributed by atoms with Crippen molar-refractivity contribution in [3.63, 3.8) is 0 Å². The molecule has 5 nitrogen and oxygen atoms in total. The van der Waals surface area contributed by atoms with Crippen LogP contribution >= 0.6 is 15.9 Å². The van der Waals surface area contributed by atoms with E-state index in [0.717, 1.165) is 5.56 Å². The van der Waals surface area contributed by atoms with Crippen LogP contribution in [0.3, 0.4) is 0 Å². The third-order valence-electron chi connectivity index (χ3n) is 2.50. The van der Waals surface area contributed by atoms with Gasteiger partial charge in [0.1, 0.15) is 6.61 Å². The molecular formula is C13H12BrN3O2. The number of anilines is 1. The maximum absolute atomic E-state index is 11.9. The number of amides is 1. The normalized spacial score (nSPS) is 10.0. The zero-order valence-electron chi connectivity index (χ0n) is 10.3. The first kappa shape index (κ1) is 13.5. The van der Waals surface area contributed by atoms with E-state index in [0.29, 0.717) is 10.2 Å². The van der Waals surface area contributed by atoms with Crippen LogP contribution in [0.2, 0.25) is 0 Å². The summed E-state index contributed by atoms with van der Waals surface area (Å²) in [7, 11) is 1.62. The number of rotatable bonds is 3. The first-order valence-corrected chi connectivity index (χ1v) is 6.38. The number of nitrogens with zero attached hydrogens (tertiary/aromatic N) is 3. The number of carbonyl (C=O) groups is 1. The van der Waals surface area contributed by atoms with E-state index < -0.39 is 6.09 Å². The number of hydrogen-bond donors (Lipinski definition) is 0. The van der Waals surface area contributed by atoms with E-state index in [2.05, 4.69) is 26.1 Å². The molecule has 0 spiro atoms. The van der Waals surface area contributed by atoms with Gasteiger partial charge in [0.25, 0.3) is 0 Å². The number of benzene rings is 1. The van der Waals surface area contributed by atoms with Crippen LogP contribution in [0.5, 0.6) is 0 Å². The van der Waals surface area contributed by atoms with Crippen molar-refractivity contribution in [1.82, 2.24) is 10.2 Å². The van der Waals surface area contributed by atoms with Crippen molar-refractivity contribution in [2.45, 2.75) is 6.61 Å². The summed E-state index contributed by atoms with van der Waals surface area (Å²) < 4.78 is 5.90. The van der Waals surface area contributed by atoms with Gasteiger partial charge >= 0.3 is 6.09 Å². The van der Waals surface area contributed by atoms with Crippen molar-refractivity contribution in [1.29, 1.82) is 0 Å². The molecule has 0 N–H and O–H groups in total. The molecule has 0 atom stereocenters. The molecule has 98 valence electrons. The van der Waals surface area contributed by atoms with Crippen molar-refractivity contribution in [2.75, 3.05) is 11.9 Å². The predicted octanol–water partition coefficient (Wildman–Crippen LogP) is 3.01. The highest BCUT2D eigenvalue weighted by Gasteiger charge is 2.15. The van der Waals surface area contributed by atoms with Crippen molar-refractivity contribution >= 4 is 27.7 Å². The Labute approximate surface area is 119 Å². The van der Waals surface area contributed by atoms with E-state index >= 15 is 0 Å². The van der Waals surface area contributed by atoms with Gasteiger partial charge in [-0.05, 0) is 21.5 Å². The average molecular weight is 322 g/mol. The summed E-state index contributed by atoms with van der Waals surface area (Å²) in [4.78, 5) is 13.3. The Kier molecular flexibility index (Phi) is 4.46. The van der Waals surface area contributed by atoms with Crippen LogP contribution in [0.4, 0.5) is 10.5 Å². The first-order chi connectivity index (χ1) is 9.18. The fourth-order valence-corrected chi connectivity index (χ4v) is 1.92. The van der Waals surface area contributed by atoms with Crippen LogP contribution in [0, 0.1) is 0 Å². The maximum atomic E-state index is 11.9. The summed E-state index contributed by atoms with van der Waals surface area (Å²) >= 11 is 3.31. The Morgan fingerprint density at radius 2 is 1.95 bits per heavy atom. The standard InChI is InChI=1S/C13H12BrN3O2/c1-17(12-8-16-15-7-11(12)14)13(18)19-9-10-5-3-2-4-6-10/h2-8H,9H2,1H3. The van der Waals surface area contributed by atoms with E-state index in [-0.39, 0.29) is 6.61 Å². The summed E-state index contributed by atoms with van der Waals surface area (Å²) in [6.07, 6.45) is 2.57. The third kappa shape index (κ3) is 3.51. The molecule has 19 heavy (non-hydrogen) atoms. The minimum atomic E-state index is -0.447. The quantitative estimate of drug-likeness (QED) is 0.872. The van der Waals surface area contributed by atoms with Crippen LogP contribution in [-0.4, -0.2) is 23.3 Å². The van der Waals surface area contributed by atoms with Gasteiger partial charge in [-0.15, -0.1) is 0 Å². The van der Waals surface area contributed by atoms with Crippen LogP contribution < -0.4 is 4.90 Å². The van der Waals surface area contributed by atoms with Gasteiger partial charge < -0.3 is 4.74 Å². The Bertz CT molecular complexity index is 563. The molecule has 0 aliphatic heterocycles. The molecule has 2 rings (SSSR count). The van der Waals surface area contributed by atoms with Crippen molar-refractivity contribution in [3.05, 3.63) is 52.8 Å². The van der Waals surface area contributed by atoms with Gasteiger partial charge in [0.05, 0.1) is 22.6 Å². The zero-order valence-corrected chi connectivity index (χ0v) is 11.9. The second-order valence-electron chi connectivity index (χ2n) is 3.82. The summed E-state index contributed by atoms with van der Waals surface area (Å²) in [6.45, 7) is 0.236. The molecule has 0 fully saturated rings. The summed E-state index contributed by atoms with van der Waals surface area (Å²) in [6, 6.07) is 9.51. The lowest BCUT2D eigenvalue weighted by atomic mass is 10.2. The van der Waals surface area contributed by atoms with Gasteiger partial charge in [-0.3, -0.25) is 4.90 Å². The van der Waals surface area contributed by atoms with Gasteiger partial charge in [0, 0.05) is 7.05 Å². The van der Waals surface area contributed by atoms with Crippen LogP contribution in [0.25, 0.3) is 0 Å². The minimum Gasteiger partial charge on any atom is -0.444 e. The summed E-state index contributed by atoms with van der Waals surface area (Å²) in [5.74, 6) is 0. The van der Waals surface area contributed by atoms with Crippen molar-refractivity contribution in [3.8, 4) is 0 Å². The topological polar surface area (TPSA) is 55.3 Å². The molecule has 1 aromatic heterocycles. The van der Waals surface area contributed by atoms with Crippen molar-refractivity contribution in [2.24, 2.45) is 0 Å². The van der Waals surface area contributed by atoms with E-state index in [1.54, 1.807) is 7.05 Å². The number of aromatic nitrogens is 2. The van der Waals surface area contributed by atoms with Crippen LogP contribution in [-0.2, 0) is 11.3 Å². The smallest absolute Gasteiger partial charge is 0.414 e. The molecule has 0 aliphatic carbocycles. The van der Waals surface area contributed by atoms with Crippen LogP contribution in [0.15, 0.2) is 47.2 Å². The molecular weight excluding hydrogens is 310 g/mol. The molecule has 0 radical (unpaired) electrons. The van der Waals surface area contributed by atoms with E-state index in [4.69, 9.17) is 4.74 Å². The molecule has 1 amide bonds. The minimum absolute atomic E-state index is 0.236. The highest BCUT2D eigenvalue weighted by Crippen LogP contribution is 2.23. The largest absolute Gasteiger partial charge is 0.444 e. The molecule has 1 heterocycles. The van der Waals surface area contributed by atoms with Gasteiger partial charge in [-0.1, -0.05) is 30.3 Å². The monoisotopic (exact) mass is 321 g/mol. The van der Waals surface area contributed by atoms with Crippen LogP contribution in [0.1, 0.15) is 5.56 Å². The number of carbonyl (C=O) groups excluding carboxylic acids is 1. The average Bonchev–Trinajstić information content (AvgIpc) is 2.45. The van der Waals surface area contributed by atoms with Gasteiger partial charge in [-0.25, -0.2) is 4.79 Å². The highest BCUT2D eigenvalue weighted by molar-refractivity contribution is 9.10. The molecule has 2 aromatic rings. The number of halogens is 1. The predicted molar refractivity (Wildman–Crippen MR) is 74.8 cm³/mol. The summed E-state index contributed by atoms with van der Waals surface area (Å²) in [5.41, 5.74) is 1.55. The SMILES string of the molecule is CN(C(=O)OCc1ccccc1)c1cnncc1Br. The second-order valence-corrected chi connectivity index (χ2v) is 4.68. The van der Waals surface area contributed by atoms with E-state index in [1.807, 2.05) is 30.3 Å². The lowest BCUT2D eigenvalue weighted by Gasteiger charge is -2.17. The first-order valence-electron chi connectivity index (χ1n) is 5.59. The van der Waals surface area contributed by atoms with E-state index in [9.17, 15) is 4.79 Å². The lowest BCUT2D eigenvalue weighted by molar-refractivity contribution is 0.148. The Morgan fingerprint density at radius 1 is 1.26 bits per heavy atom. The van der Waals surface area contributed by atoms with Gasteiger partial charge in [0.2, 0.25) is 0 Å². The molecule has 0 bridgehead atoms. The summed E-state index contributed by atoms with van der Waals surface area (Å²) in [5, 5.41) is 7.44. The lowest BCUT2D eigenvalue weighted by Crippen LogP contribution is -2.27. The van der Waals surface area contributed by atoms with Gasteiger partial charge in [-0.2, -0.15) is 10.2 Å².